The minimum absolute atomic E-state index is 0.0246. The van der Waals surface area contributed by atoms with Gasteiger partial charge in [0.1, 0.15) is 0 Å². The van der Waals surface area contributed by atoms with E-state index in [0.717, 1.165) is 38.0 Å². The van der Waals surface area contributed by atoms with E-state index < -0.39 is 0 Å². The van der Waals surface area contributed by atoms with Crippen molar-refractivity contribution in [3.05, 3.63) is 0 Å². The van der Waals surface area contributed by atoms with Crippen LogP contribution >= 0.6 is 0 Å². The molecule has 0 aliphatic heterocycles. The number of rotatable bonds is 12. The van der Waals surface area contributed by atoms with Crippen molar-refractivity contribution in [1.82, 2.24) is 5.32 Å². The third-order valence-corrected chi connectivity index (χ3v) is 8.42. The van der Waals surface area contributed by atoms with Crippen LogP contribution in [0.15, 0.2) is 0 Å². The summed E-state index contributed by atoms with van der Waals surface area (Å²) in [6, 6.07) is 0.301. The second-order valence-corrected chi connectivity index (χ2v) is 10.8. The molecule has 0 aromatic rings. The molecule has 0 aromatic carbocycles. The van der Waals surface area contributed by atoms with Gasteiger partial charge in [-0.3, -0.25) is 5.32 Å². The highest BCUT2D eigenvalue weighted by Crippen LogP contribution is 2.42. The Morgan fingerprint density at radius 3 is 2.61 bits per heavy atom. The van der Waals surface area contributed by atoms with Gasteiger partial charge in [0.05, 0.1) is 13.3 Å². The van der Waals surface area contributed by atoms with Crippen molar-refractivity contribution in [3.63, 3.8) is 0 Å². The lowest BCUT2D eigenvalue weighted by Gasteiger charge is -2.31. The van der Waals surface area contributed by atoms with Crippen LogP contribution in [0.25, 0.3) is 0 Å². The molecule has 6 atom stereocenters. The first-order chi connectivity index (χ1) is 14.8. The van der Waals surface area contributed by atoms with E-state index in [0.29, 0.717) is 30.0 Å². The molecule has 4 nitrogen and oxygen atoms in total. The van der Waals surface area contributed by atoms with Gasteiger partial charge in [0, 0.05) is 29.6 Å². The molecule has 4 heteroatoms. The summed E-state index contributed by atoms with van der Waals surface area (Å²) in [5, 5.41) is 12.6. The Balaban J connectivity index is 1.91. The first-order valence-electron chi connectivity index (χ1n) is 12.9. The molecule has 5 unspecified atom stereocenters. The number of hydrogen-bond donors (Lipinski definition) is 3. The maximum Gasteiger partial charge on any atom is 0.0967 e. The van der Waals surface area contributed by atoms with E-state index in [1.165, 1.54) is 44.9 Å². The summed E-state index contributed by atoms with van der Waals surface area (Å²) in [5.41, 5.74) is 7.50. The summed E-state index contributed by atoms with van der Waals surface area (Å²) < 4.78 is 6.22. The SMILES string of the molecule is C#C[C@@H](C)C(N)CCC(=N)C1CC(C)C(C)CCC1NCOCC1(CCC)CCCC1. The van der Waals surface area contributed by atoms with Gasteiger partial charge in [-0.05, 0) is 75.5 Å². The van der Waals surface area contributed by atoms with E-state index in [4.69, 9.17) is 22.3 Å². The summed E-state index contributed by atoms with van der Waals surface area (Å²) in [7, 11) is 0. The quantitative estimate of drug-likeness (QED) is 0.121. The van der Waals surface area contributed by atoms with Crippen molar-refractivity contribution in [2.45, 2.75) is 110 Å². The third-order valence-electron chi connectivity index (χ3n) is 8.42. The number of nitrogens with two attached hydrogens (primary N) is 1. The fourth-order valence-electron chi connectivity index (χ4n) is 5.79. The Hall–Kier alpha value is -0.890. The highest BCUT2D eigenvalue weighted by molar-refractivity contribution is 5.84. The molecular weight excluding hydrogens is 382 g/mol. The van der Waals surface area contributed by atoms with Crippen molar-refractivity contribution >= 4 is 5.71 Å². The molecule has 0 spiro atoms. The first-order valence-corrected chi connectivity index (χ1v) is 12.9. The van der Waals surface area contributed by atoms with Crippen molar-refractivity contribution < 1.29 is 4.74 Å². The molecule has 2 aliphatic rings. The van der Waals surface area contributed by atoms with Gasteiger partial charge in [-0.2, -0.15) is 0 Å². The zero-order valence-electron chi connectivity index (χ0n) is 20.7. The Labute approximate surface area is 192 Å². The maximum absolute atomic E-state index is 8.87. The summed E-state index contributed by atoms with van der Waals surface area (Å²) in [6.45, 7) is 10.5. The number of hydrogen-bond acceptors (Lipinski definition) is 4. The van der Waals surface area contributed by atoms with Gasteiger partial charge in [0.2, 0.25) is 0 Å². The molecule has 0 aromatic heterocycles. The van der Waals surface area contributed by atoms with Gasteiger partial charge in [0.15, 0.2) is 0 Å². The summed E-state index contributed by atoms with van der Waals surface area (Å²) in [6.07, 6.45) is 18.4. The fourth-order valence-corrected chi connectivity index (χ4v) is 5.79. The molecule has 178 valence electrons. The van der Waals surface area contributed by atoms with E-state index in [-0.39, 0.29) is 17.9 Å². The van der Waals surface area contributed by atoms with Crippen LogP contribution in [0.3, 0.4) is 0 Å². The molecule has 31 heavy (non-hydrogen) atoms. The minimum atomic E-state index is -0.0246. The van der Waals surface area contributed by atoms with Crippen LogP contribution in [-0.2, 0) is 4.74 Å². The Morgan fingerprint density at radius 2 is 1.97 bits per heavy atom. The van der Waals surface area contributed by atoms with Crippen molar-refractivity contribution in [2.24, 2.45) is 34.8 Å². The van der Waals surface area contributed by atoms with Crippen LogP contribution in [0.1, 0.15) is 98.3 Å². The molecule has 0 saturated heterocycles. The second kappa shape index (κ2) is 13.0. The minimum Gasteiger partial charge on any atom is -0.366 e. The third kappa shape index (κ3) is 7.88. The summed E-state index contributed by atoms with van der Waals surface area (Å²) in [5.74, 6) is 4.43. The number of nitrogens with one attached hydrogen (secondary N) is 2. The van der Waals surface area contributed by atoms with Gasteiger partial charge >= 0.3 is 0 Å². The van der Waals surface area contributed by atoms with Gasteiger partial charge in [0.25, 0.3) is 0 Å². The fraction of sp³-hybridized carbons (Fsp3) is 0.889. The smallest absolute Gasteiger partial charge is 0.0967 e. The van der Waals surface area contributed by atoms with E-state index in [9.17, 15) is 0 Å². The second-order valence-electron chi connectivity index (χ2n) is 10.8. The van der Waals surface area contributed by atoms with Crippen molar-refractivity contribution in [3.8, 4) is 12.3 Å². The van der Waals surface area contributed by atoms with Crippen LogP contribution in [0.4, 0.5) is 0 Å². The monoisotopic (exact) mass is 431 g/mol. The maximum atomic E-state index is 8.87. The predicted molar refractivity (Wildman–Crippen MR) is 132 cm³/mol. The highest BCUT2D eigenvalue weighted by Gasteiger charge is 2.34. The van der Waals surface area contributed by atoms with E-state index >= 15 is 0 Å². The Morgan fingerprint density at radius 1 is 1.26 bits per heavy atom. The van der Waals surface area contributed by atoms with Crippen LogP contribution in [0.2, 0.25) is 0 Å². The van der Waals surface area contributed by atoms with Gasteiger partial charge in [-0.1, -0.05) is 40.0 Å². The zero-order valence-corrected chi connectivity index (χ0v) is 20.7. The average Bonchev–Trinajstić information content (AvgIpc) is 3.17. The van der Waals surface area contributed by atoms with Crippen LogP contribution in [-0.4, -0.2) is 31.1 Å². The van der Waals surface area contributed by atoms with Gasteiger partial charge < -0.3 is 15.9 Å². The normalized spacial score (nSPS) is 30.3. The molecule has 2 aliphatic carbocycles. The topological polar surface area (TPSA) is 71.1 Å². The molecule has 2 fully saturated rings. The van der Waals surface area contributed by atoms with E-state index in [2.05, 4.69) is 32.0 Å². The lowest BCUT2D eigenvalue weighted by molar-refractivity contribution is 0.0248. The van der Waals surface area contributed by atoms with Crippen molar-refractivity contribution in [1.29, 1.82) is 5.41 Å². The molecule has 2 rings (SSSR count). The molecule has 4 N–H and O–H groups in total. The molecule has 0 bridgehead atoms. The lowest BCUT2D eigenvalue weighted by Crippen LogP contribution is -2.42. The highest BCUT2D eigenvalue weighted by atomic mass is 16.5. The molecule has 0 radical (unpaired) electrons. The largest absolute Gasteiger partial charge is 0.366 e. The first kappa shape index (κ1) is 26.4. The van der Waals surface area contributed by atoms with E-state index in [1.807, 2.05) is 6.92 Å². The summed E-state index contributed by atoms with van der Waals surface area (Å²) >= 11 is 0. The van der Waals surface area contributed by atoms with Crippen molar-refractivity contribution in [2.75, 3.05) is 13.3 Å². The number of terminal acetylenes is 1. The predicted octanol–water partition coefficient (Wildman–Crippen LogP) is 5.75. The zero-order chi connectivity index (χ0) is 22.9. The van der Waals surface area contributed by atoms with Crippen LogP contribution < -0.4 is 11.1 Å². The molecule has 2 saturated carbocycles. The Bertz CT molecular complexity index is 578. The molecule has 0 amide bonds. The summed E-state index contributed by atoms with van der Waals surface area (Å²) in [4.78, 5) is 0. The van der Waals surface area contributed by atoms with Crippen LogP contribution in [0.5, 0.6) is 0 Å². The Kier molecular flexibility index (Phi) is 11.0. The van der Waals surface area contributed by atoms with Gasteiger partial charge in [-0.15, -0.1) is 12.3 Å². The molecular formula is C27H49N3O. The van der Waals surface area contributed by atoms with E-state index in [1.54, 1.807) is 0 Å². The standard InChI is InChI=1S/C27H49N3O/c1-6-14-27(15-8-9-16-27)18-31-19-30-26-13-10-21(4)22(5)17-23(26)25(29)12-11-24(28)20(3)7-2/h2,20-24,26,29-30H,6,8-19,28H2,1,3-5H3/t20-,21?,22?,23?,24?,26?/m1/s1. The lowest BCUT2D eigenvalue weighted by atomic mass is 9.82. The number of ether oxygens (including phenoxy) is 1. The molecule has 0 heterocycles. The van der Waals surface area contributed by atoms with Crippen LogP contribution in [0, 0.1) is 46.8 Å². The van der Waals surface area contributed by atoms with Gasteiger partial charge in [-0.25, -0.2) is 0 Å². The average molecular weight is 432 g/mol.